The van der Waals surface area contributed by atoms with Crippen molar-refractivity contribution >= 4 is 11.8 Å². The molecule has 1 fully saturated rings. The van der Waals surface area contributed by atoms with Crippen LogP contribution in [-0.4, -0.2) is 30.6 Å². The molecule has 1 heterocycles. The van der Waals surface area contributed by atoms with Gasteiger partial charge in [0.2, 0.25) is 6.10 Å². The van der Waals surface area contributed by atoms with E-state index in [-0.39, 0.29) is 5.78 Å². The number of ketones is 1. The molecule has 0 aromatic rings. The van der Waals surface area contributed by atoms with E-state index in [0.29, 0.717) is 6.42 Å². The maximum atomic E-state index is 11.5. The van der Waals surface area contributed by atoms with Gasteiger partial charge in [-0.25, -0.2) is 4.79 Å². The average molecular weight is 200 g/mol. The zero-order chi connectivity index (χ0) is 10.8. The van der Waals surface area contributed by atoms with E-state index in [1.165, 1.54) is 7.11 Å². The smallest absolute Gasteiger partial charge is 0.342 e. The van der Waals surface area contributed by atoms with E-state index in [2.05, 4.69) is 4.74 Å². The Bertz CT molecular complexity index is 245. The first-order valence-corrected chi connectivity index (χ1v) is 4.74. The third-order valence-corrected chi connectivity index (χ3v) is 2.35. The van der Waals surface area contributed by atoms with Gasteiger partial charge >= 0.3 is 5.97 Å². The largest absolute Gasteiger partial charge is 0.467 e. The predicted molar refractivity (Wildman–Crippen MR) is 49.8 cm³/mol. The monoisotopic (exact) mass is 200 g/mol. The van der Waals surface area contributed by atoms with Crippen molar-refractivity contribution in [1.29, 1.82) is 0 Å². The molecule has 4 nitrogen and oxygen atoms in total. The van der Waals surface area contributed by atoms with Gasteiger partial charge in [0.05, 0.1) is 12.7 Å². The van der Waals surface area contributed by atoms with Gasteiger partial charge in [-0.15, -0.1) is 0 Å². The molecule has 1 aliphatic heterocycles. The Morgan fingerprint density at radius 1 is 1.57 bits per heavy atom. The van der Waals surface area contributed by atoms with Gasteiger partial charge in [0.15, 0.2) is 5.78 Å². The Morgan fingerprint density at radius 2 is 2.21 bits per heavy atom. The van der Waals surface area contributed by atoms with Gasteiger partial charge in [-0.1, -0.05) is 0 Å². The van der Waals surface area contributed by atoms with Crippen molar-refractivity contribution in [2.24, 2.45) is 0 Å². The molecular weight excluding hydrogens is 184 g/mol. The SMILES string of the molecule is COC(=O)C1OC(C)(C)CCCC1=O. The molecule has 0 aromatic carbocycles. The number of Topliss-reactive ketones (excluding diaryl/α,β-unsaturated/α-hetero) is 1. The minimum absolute atomic E-state index is 0.178. The summed E-state index contributed by atoms with van der Waals surface area (Å²) in [4.78, 5) is 22.7. The first-order chi connectivity index (χ1) is 6.46. The minimum atomic E-state index is -1.03. The molecule has 4 heteroatoms. The summed E-state index contributed by atoms with van der Waals surface area (Å²) >= 11 is 0. The zero-order valence-electron chi connectivity index (χ0n) is 8.83. The van der Waals surface area contributed by atoms with Crippen LogP contribution in [-0.2, 0) is 19.1 Å². The maximum Gasteiger partial charge on any atom is 0.342 e. The number of ether oxygens (including phenoxy) is 2. The molecule has 0 spiro atoms. The molecule has 0 saturated carbocycles. The lowest BCUT2D eigenvalue weighted by molar-refractivity contribution is -0.168. The number of methoxy groups -OCH3 is 1. The summed E-state index contributed by atoms with van der Waals surface area (Å²) in [6.45, 7) is 3.75. The van der Waals surface area contributed by atoms with E-state index in [4.69, 9.17) is 4.74 Å². The van der Waals surface area contributed by atoms with E-state index in [1.807, 2.05) is 13.8 Å². The van der Waals surface area contributed by atoms with Gasteiger partial charge in [0.25, 0.3) is 0 Å². The molecule has 14 heavy (non-hydrogen) atoms. The molecule has 0 radical (unpaired) electrons. The first-order valence-electron chi connectivity index (χ1n) is 4.74. The van der Waals surface area contributed by atoms with Gasteiger partial charge < -0.3 is 9.47 Å². The van der Waals surface area contributed by atoms with E-state index in [0.717, 1.165) is 12.8 Å². The summed E-state index contributed by atoms with van der Waals surface area (Å²) in [7, 11) is 1.26. The normalized spacial score (nSPS) is 26.8. The lowest BCUT2D eigenvalue weighted by Crippen LogP contribution is -2.38. The molecule has 0 aliphatic carbocycles. The summed E-state index contributed by atoms with van der Waals surface area (Å²) in [5.41, 5.74) is -0.426. The van der Waals surface area contributed by atoms with E-state index >= 15 is 0 Å². The molecule has 0 N–H and O–H groups in total. The van der Waals surface area contributed by atoms with Crippen LogP contribution in [0.5, 0.6) is 0 Å². The Labute approximate surface area is 83.6 Å². The van der Waals surface area contributed by atoms with Crippen molar-refractivity contribution in [2.75, 3.05) is 7.11 Å². The average Bonchev–Trinajstić information content (AvgIpc) is 2.24. The van der Waals surface area contributed by atoms with Crippen LogP contribution >= 0.6 is 0 Å². The van der Waals surface area contributed by atoms with Crippen molar-refractivity contribution in [3.63, 3.8) is 0 Å². The number of esters is 1. The van der Waals surface area contributed by atoms with E-state index < -0.39 is 17.7 Å². The zero-order valence-corrected chi connectivity index (χ0v) is 8.83. The molecule has 0 bridgehead atoms. The number of rotatable bonds is 1. The molecule has 1 rings (SSSR count). The van der Waals surface area contributed by atoms with Crippen LogP contribution in [0.15, 0.2) is 0 Å². The van der Waals surface area contributed by atoms with E-state index in [1.54, 1.807) is 0 Å². The molecular formula is C10H16O4. The highest BCUT2D eigenvalue weighted by Crippen LogP contribution is 2.25. The molecule has 80 valence electrons. The molecule has 0 amide bonds. The fourth-order valence-electron chi connectivity index (χ4n) is 1.55. The minimum Gasteiger partial charge on any atom is -0.467 e. The number of hydrogen-bond acceptors (Lipinski definition) is 4. The van der Waals surface area contributed by atoms with Gasteiger partial charge in [0, 0.05) is 6.42 Å². The summed E-state index contributed by atoms with van der Waals surface area (Å²) in [5.74, 6) is -0.771. The Kier molecular flexibility index (Phi) is 3.26. The highest BCUT2D eigenvalue weighted by Gasteiger charge is 2.36. The Balaban J connectivity index is 2.79. The van der Waals surface area contributed by atoms with Crippen molar-refractivity contribution < 1.29 is 19.1 Å². The molecule has 1 saturated heterocycles. The highest BCUT2D eigenvalue weighted by molar-refractivity contribution is 6.02. The van der Waals surface area contributed by atoms with Crippen molar-refractivity contribution in [3.05, 3.63) is 0 Å². The fraction of sp³-hybridized carbons (Fsp3) is 0.800. The van der Waals surface area contributed by atoms with Crippen molar-refractivity contribution in [3.8, 4) is 0 Å². The van der Waals surface area contributed by atoms with Crippen LogP contribution in [0.25, 0.3) is 0 Å². The molecule has 1 atom stereocenters. The van der Waals surface area contributed by atoms with Crippen LogP contribution in [0.3, 0.4) is 0 Å². The van der Waals surface area contributed by atoms with Crippen LogP contribution in [0.1, 0.15) is 33.1 Å². The molecule has 0 aromatic heterocycles. The van der Waals surface area contributed by atoms with Gasteiger partial charge in [-0.2, -0.15) is 0 Å². The molecule has 1 aliphatic rings. The highest BCUT2D eigenvalue weighted by atomic mass is 16.6. The summed E-state index contributed by atoms with van der Waals surface area (Å²) in [6, 6.07) is 0. The second-order valence-corrected chi connectivity index (χ2v) is 4.10. The third kappa shape index (κ3) is 2.54. The van der Waals surface area contributed by atoms with Crippen LogP contribution in [0.2, 0.25) is 0 Å². The lowest BCUT2D eigenvalue weighted by Gasteiger charge is -2.25. The van der Waals surface area contributed by atoms with Crippen molar-refractivity contribution in [1.82, 2.24) is 0 Å². The summed E-state index contributed by atoms with van der Waals surface area (Å²) in [5, 5.41) is 0. The van der Waals surface area contributed by atoms with Gasteiger partial charge in [0.1, 0.15) is 0 Å². The standard InChI is InChI=1S/C10H16O4/c1-10(2)6-4-5-7(11)8(14-10)9(12)13-3/h8H,4-6H2,1-3H3. The number of carbonyl (C=O) groups is 2. The van der Waals surface area contributed by atoms with Gasteiger partial charge in [-0.3, -0.25) is 4.79 Å². The lowest BCUT2D eigenvalue weighted by atomic mass is 10.0. The maximum absolute atomic E-state index is 11.5. The predicted octanol–water partition coefficient (Wildman–Crippen LogP) is 1.08. The Hall–Kier alpha value is -0.900. The van der Waals surface area contributed by atoms with Crippen LogP contribution in [0, 0.1) is 0 Å². The quantitative estimate of drug-likeness (QED) is 0.469. The summed E-state index contributed by atoms with van der Waals surface area (Å²) < 4.78 is 9.96. The second-order valence-electron chi connectivity index (χ2n) is 4.10. The summed E-state index contributed by atoms with van der Waals surface area (Å²) in [6.07, 6.45) is 0.909. The molecule has 1 unspecified atom stereocenters. The van der Waals surface area contributed by atoms with Gasteiger partial charge in [-0.05, 0) is 26.7 Å². The van der Waals surface area contributed by atoms with Crippen LogP contribution < -0.4 is 0 Å². The Morgan fingerprint density at radius 3 is 2.79 bits per heavy atom. The first kappa shape index (κ1) is 11.2. The topological polar surface area (TPSA) is 52.6 Å². The van der Waals surface area contributed by atoms with Crippen molar-refractivity contribution in [2.45, 2.75) is 44.8 Å². The fourth-order valence-corrected chi connectivity index (χ4v) is 1.55. The van der Waals surface area contributed by atoms with E-state index in [9.17, 15) is 9.59 Å². The third-order valence-electron chi connectivity index (χ3n) is 2.35. The second kappa shape index (κ2) is 4.09. The number of hydrogen-bond donors (Lipinski definition) is 0. The van der Waals surface area contributed by atoms with Crippen LogP contribution in [0.4, 0.5) is 0 Å². The number of carbonyl (C=O) groups excluding carboxylic acids is 2.